The van der Waals surface area contributed by atoms with Crippen LogP contribution >= 0.6 is 34.5 Å². The smallest absolute Gasteiger partial charge is 0.348 e. The molecule has 0 radical (unpaired) electrons. The lowest BCUT2D eigenvalue weighted by atomic mass is 9.98. The third-order valence-corrected chi connectivity index (χ3v) is 10.5. The first-order valence-corrected chi connectivity index (χ1v) is 18.0. The predicted molar refractivity (Wildman–Crippen MR) is 195 cm³/mol. The standard InChI is InChI=1S/C37H41Cl2N3O8S/c1-41-15-13-23(14-16-41)22-49-37(44)35(26-7-5-6-8-30(26)46-2)40-19-25-10-12-34(51-25)36(43)50-32(18-27-28(38)20-42(45)21-29(27)39)24-9-11-31(47-3)33(17-24)48-4/h5-12,17,20-21,23,32,35,40H,13-16,18-19,22H2,1-4H3/t32-,35?/m0/s1. The number of piperidine rings is 1. The van der Waals surface area contributed by atoms with Gasteiger partial charge < -0.3 is 33.8 Å². The largest absolute Gasteiger partial charge is 0.619 e. The molecule has 1 saturated heterocycles. The van der Waals surface area contributed by atoms with Gasteiger partial charge in [-0.25, -0.2) is 9.59 Å². The van der Waals surface area contributed by atoms with Gasteiger partial charge in [-0.3, -0.25) is 5.32 Å². The van der Waals surface area contributed by atoms with E-state index in [0.717, 1.165) is 30.8 Å². The fourth-order valence-corrected chi connectivity index (χ4v) is 7.34. The maximum atomic E-state index is 13.6. The first-order valence-electron chi connectivity index (χ1n) is 16.4. The summed E-state index contributed by atoms with van der Waals surface area (Å²) in [6.07, 6.45) is 3.56. The minimum atomic E-state index is -0.854. The molecule has 0 saturated carbocycles. The third-order valence-electron chi connectivity index (χ3n) is 8.80. The number of para-hydroxylation sites is 1. The number of carbonyl (C=O) groups is 2. The number of nitrogens with zero attached hydrogens (tertiary/aromatic N) is 2. The van der Waals surface area contributed by atoms with E-state index < -0.39 is 24.1 Å². The minimum absolute atomic E-state index is 0.0831. The molecule has 272 valence electrons. The second-order valence-corrected chi connectivity index (χ2v) is 14.2. The molecule has 2 aromatic heterocycles. The zero-order valence-corrected chi connectivity index (χ0v) is 31.2. The predicted octanol–water partition coefficient (Wildman–Crippen LogP) is 6.57. The highest BCUT2D eigenvalue weighted by Crippen LogP contribution is 2.36. The van der Waals surface area contributed by atoms with Gasteiger partial charge >= 0.3 is 11.9 Å². The Hall–Kier alpha value is -4.07. The summed E-state index contributed by atoms with van der Waals surface area (Å²) in [5.74, 6) is 0.848. The summed E-state index contributed by atoms with van der Waals surface area (Å²) in [7, 11) is 6.69. The second kappa shape index (κ2) is 17.9. The number of hydrogen-bond donors (Lipinski definition) is 1. The first-order chi connectivity index (χ1) is 24.6. The van der Waals surface area contributed by atoms with Crippen molar-refractivity contribution in [2.75, 3.05) is 48.1 Å². The Morgan fingerprint density at radius 1 is 0.961 bits per heavy atom. The Balaban J connectivity index is 1.32. The summed E-state index contributed by atoms with van der Waals surface area (Å²) in [5, 5.41) is 15.5. The van der Waals surface area contributed by atoms with Crippen LogP contribution in [0, 0.1) is 11.1 Å². The van der Waals surface area contributed by atoms with Crippen molar-refractivity contribution in [2.24, 2.45) is 5.92 Å². The monoisotopic (exact) mass is 757 g/mol. The van der Waals surface area contributed by atoms with E-state index in [1.165, 1.54) is 38.0 Å². The normalized spacial score (nSPS) is 14.8. The van der Waals surface area contributed by atoms with Gasteiger partial charge in [-0.05, 0) is 74.8 Å². The maximum absolute atomic E-state index is 13.6. The summed E-state index contributed by atoms with van der Waals surface area (Å²) in [6.45, 7) is 2.58. The molecule has 3 heterocycles. The summed E-state index contributed by atoms with van der Waals surface area (Å²) >= 11 is 14.0. The third kappa shape index (κ3) is 9.84. The number of rotatable bonds is 15. The fourth-order valence-electron chi connectivity index (χ4n) is 5.90. The van der Waals surface area contributed by atoms with E-state index in [2.05, 4.69) is 17.3 Å². The highest BCUT2D eigenvalue weighted by atomic mass is 35.5. The molecule has 11 nitrogen and oxygen atoms in total. The van der Waals surface area contributed by atoms with Gasteiger partial charge in [0.05, 0.1) is 27.9 Å². The van der Waals surface area contributed by atoms with E-state index in [-0.39, 0.29) is 23.0 Å². The molecule has 1 aliphatic rings. The van der Waals surface area contributed by atoms with Gasteiger partial charge in [-0.2, -0.15) is 4.73 Å². The number of ether oxygens (including phenoxy) is 5. The Kier molecular flexibility index (Phi) is 13.4. The summed E-state index contributed by atoms with van der Waals surface area (Å²) in [6, 6.07) is 15.2. The van der Waals surface area contributed by atoms with Crippen LogP contribution in [0.25, 0.3) is 0 Å². The average molecular weight is 759 g/mol. The van der Waals surface area contributed by atoms with Crippen molar-refractivity contribution in [1.82, 2.24) is 10.2 Å². The number of methoxy groups -OCH3 is 3. The van der Waals surface area contributed by atoms with Crippen molar-refractivity contribution in [3.05, 3.63) is 109 Å². The molecular weight excluding hydrogens is 717 g/mol. The Morgan fingerprint density at radius 2 is 1.65 bits per heavy atom. The molecule has 1 aliphatic heterocycles. The molecule has 51 heavy (non-hydrogen) atoms. The van der Waals surface area contributed by atoms with E-state index in [0.29, 0.717) is 56.1 Å². The van der Waals surface area contributed by atoms with Crippen LogP contribution in [0.5, 0.6) is 17.2 Å². The highest BCUT2D eigenvalue weighted by molar-refractivity contribution is 7.13. The number of halogens is 2. The lowest BCUT2D eigenvalue weighted by Gasteiger charge is -2.29. The summed E-state index contributed by atoms with van der Waals surface area (Å²) < 4.78 is 28.9. The number of hydrogen-bond acceptors (Lipinski definition) is 11. The number of esters is 2. The molecule has 2 aromatic carbocycles. The van der Waals surface area contributed by atoms with E-state index in [9.17, 15) is 14.8 Å². The molecule has 0 bridgehead atoms. The van der Waals surface area contributed by atoms with Gasteiger partial charge in [0.15, 0.2) is 23.9 Å². The molecule has 0 amide bonds. The first kappa shape index (κ1) is 38.2. The molecule has 1 unspecified atom stereocenters. The van der Waals surface area contributed by atoms with Crippen LogP contribution in [0.3, 0.4) is 0 Å². The Labute approximate surface area is 311 Å². The number of carbonyl (C=O) groups excluding carboxylic acids is 2. The lowest BCUT2D eigenvalue weighted by molar-refractivity contribution is -0.605. The van der Waals surface area contributed by atoms with E-state index in [4.69, 9.17) is 46.9 Å². The van der Waals surface area contributed by atoms with E-state index in [1.54, 1.807) is 43.5 Å². The van der Waals surface area contributed by atoms with Crippen molar-refractivity contribution in [3.8, 4) is 17.2 Å². The molecule has 0 aliphatic carbocycles. The number of aromatic nitrogens is 1. The van der Waals surface area contributed by atoms with Crippen LogP contribution in [0.1, 0.15) is 56.2 Å². The number of likely N-dealkylation sites (tertiary alicyclic amines) is 1. The molecule has 2 atom stereocenters. The zero-order chi connectivity index (χ0) is 36.5. The molecule has 14 heteroatoms. The molecule has 0 spiro atoms. The highest BCUT2D eigenvalue weighted by Gasteiger charge is 2.28. The summed E-state index contributed by atoms with van der Waals surface area (Å²) in [4.78, 5) is 30.6. The zero-order valence-electron chi connectivity index (χ0n) is 28.9. The van der Waals surface area contributed by atoms with Crippen LogP contribution in [0.4, 0.5) is 0 Å². The average Bonchev–Trinajstić information content (AvgIpc) is 3.61. The maximum Gasteiger partial charge on any atom is 0.348 e. The van der Waals surface area contributed by atoms with Gasteiger partial charge in [0, 0.05) is 29.0 Å². The van der Waals surface area contributed by atoms with Gasteiger partial charge in [0.1, 0.15) is 32.8 Å². The van der Waals surface area contributed by atoms with Crippen LogP contribution in [-0.2, 0) is 27.2 Å². The number of benzene rings is 2. The minimum Gasteiger partial charge on any atom is -0.619 e. The van der Waals surface area contributed by atoms with Crippen LogP contribution < -0.4 is 24.3 Å². The van der Waals surface area contributed by atoms with Crippen LogP contribution in [0.15, 0.2) is 67.0 Å². The van der Waals surface area contributed by atoms with Crippen molar-refractivity contribution in [1.29, 1.82) is 0 Å². The van der Waals surface area contributed by atoms with Gasteiger partial charge in [0.2, 0.25) is 0 Å². The fraction of sp³-hybridized carbons (Fsp3) is 0.378. The number of thiophene rings is 1. The molecule has 5 rings (SSSR count). The van der Waals surface area contributed by atoms with Gasteiger partial charge in [-0.15, -0.1) is 11.3 Å². The van der Waals surface area contributed by atoms with Crippen LogP contribution in [0.2, 0.25) is 10.0 Å². The topological polar surface area (TPSA) is 122 Å². The summed E-state index contributed by atoms with van der Waals surface area (Å²) in [5.41, 5.74) is 1.70. The molecular formula is C37H41Cl2N3O8S. The van der Waals surface area contributed by atoms with Gasteiger partial charge in [-0.1, -0.05) is 47.5 Å². The molecule has 1 fully saturated rings. The van der Waals surface area contributed by atoms with E-state index in [1.807, 2.05) is 18.2 Å². The Morgan fingerprint density at radius 3 is 2.33 bits per heavy atom. The lowest BCUT2D eigenvalue weighted by Crippen LogP contribution is -2.34. The van der Waals surface area contributed by atoms with Crippen molar-refractivity contribution < 1.29 is 38.0 Å². The van der Waals surface area contributed by atoms with E-state index >= 15 is 0 Å². The molecule has 4 aromatic rings. The number of pyridine rings is 1. The van der Waals surface area contributed by atoms with Crippen molar-refractivity contribution in [3.63, 3.8) is 0 Å². The van der Waals surface area contributed by atoms with Crippen LogP contribution in [-0.4, -0.2) is 64.9 Å². The van der Waals surface area contributed by atoms with Crippen molar-refractivity contribution in [2.45, 2.75) is 38.0 Å². The second-order valence-electron chi connectivity index (χ2n) is 12.2. The quantitative estimate of drug-likeness (QED) is 0.0810. The Bertz CT molecular complexity index is 1790. The molecule has 1 N–H and O–H groups in total. The van der Waals surface area contributed by atoms with Crippen molar-refractivity contribution >= 4 is 46.5 Å². The number of nitrogens with one attached hydrogen (secondary N) is 1. The SMILES string of the molecule is COc1ccc([C@H](Cc2c(Cl)c[n+]([O-])cc2Cl)OC(=O)c2ccc(CNC(C(=O)OCC3CCN(C)CC3)c3ccccc3OC)s2)cc1OC. The van der Waals surface area contributed by atoms with Gasteiger partial charge in [0.25, 0.3) is 0 Å².